The van der Waals surface area contributed by atoms with E-state index >= 15 is 0 Å². The second-order valence-electron chi connectivity index (χ2n) is 7.54. The molecule has 0 unspecified atom stereocenters. The summed E-state index contributed by atoms with van der Waals surface area (Å²) in [5, 5.41) is 18.3. The number of amides is 1. The lowest BCUT2D eigenvalue weighted by molar-refractivity contribution is -0.384. The molecule has 0 spiro atoms. The highest BCUT2D eigenvalue weighted by Crippen LogP contribution is 2.27. The molecule has 0 aliphatic carbocycles. The number of benzene rings is 2. The van der Waals surface area contributed by atoms with E-state index < -0.39 is 4.92 Å². The van der Waals surface area contributed by atoms with Crippen LogP contribution in [0.25, 0.3) is 11.0 Å². The summed E-state index contributed by atoms with van der Waals surface area (Å²) in [4.78, 5) is 40.2. The molecule has 1 N–H and O–H groups in total. The highest BCUT2D eigenvalue weighted by molar-refractivity contribution is 5.94. The SMILES string of the molecule is COc1ccc(C(=O)NCCn2ncc3c(=O)n(Cc4cccc([N+](=O)[O-])c4)cnc32)cc1OC. The second-order valence-corrected chi connectivity index (χ2v) is 7.54. The zero-order valence-corrected chi connectivity index (χ0v) is 19.0. The van der Waals surface area contributed by atoms with Crippen molar-refractivity contribution in [2.75, 3.05) is 20.8 Å². The van der Waals surface area contributed by atoms with Crippen molar-refractivity contribution in [3.05, 3.63) is 86.6 Å². The molecule has 0 saturated carbocycles. The quantitative estimate of drug-likeness (QED) is 0.284. The number of aromatic nitrogens is 4. The van der Waals surface area contributed by atoms with Gasteiger partial charge in [0, 0.05) is 24.2 Å². The van der Waals surface area contributed by atoms with Gasteiger partial charge in [-0.1, -0.05) is 12.1 Å². The lowest BCUT2D eigenvalue weighted by atomic mass is 10.2. The molecule has 0 saturated heterocycles. The zero-order valence-electron chi connectivity index (χ0n) is 19.0. The minimum atomic E-state index is -0.484. The lowest BCUT2D eigenvalue weighted by Crippen LogP contribution is -2.27. The van der Waals surface area contributed by atoms with E-state index in [0.29, 0.717) is 40.2 Å². The summed E-state index contributed by atoms with van der Waals surface area (Å²) in [7, 11) is 3.01. The fourth-order valence-corrected chi connectivity index (χ4v) is 3.59. The van der Waals surface area contributed by atoms with Gasteiger partial charge in [-0.25, -0.2) is 9.67 Å². The minimum Gasteiger partial charge on any atom is -0.493 e. The molecule has 2 aromatic heterocycles. The van der Waals surface area contributed by atoms with Crippen LogP contribution in [0, 0.1) is 10.1 Å². The van der Waals surface area contributed by atoms with Gasteiger partial charge in [0.05, 0.1) is 38.4 Å². The number of rotatable bonds is 9. The van der Waals surface area contributed by atoms with E-state index in [4.69, 9.17) is 9.47 Å². The zero-order chi connectivity index (χ0) is 24.9. The van der Waals surface area contributed by atoms with Crippen LogP contribution >= 0.6 is 0 Å². The first-order valence-corrected chi connectivity index (χ1v) is 10.6. The van der Waals surface area contributed by atoms with Crippen LogP contribution in [0.1, 0.15) is 15.9 Å². The normalized spacial score (nSPS) is 10.8. The number of hydrogen-bond acceptors (Lipinski definition) is 8. The summed E-state index contributed by atoms with van der Waals surface area (Å²) in [6, 6.07) is 10.9. The van der Waals surface area contributed by atoms with Gasteiger partial charge in [0.25, 0.3) is 17.2 Å². The van der Waals surface area contributed by atoms with Crippen molar-refractivity contribution < 1.29 is 19.2 Å². The molecular weight excluding hydrogens is 456 g/mol. The molecule has 0 radical (unpaired) electrons. The molecule has 0 bridgehead atoms. The number of methoxy groups -OCH3 is 2. The summed E-state index contributed by atoms with van der Waals surface area (Å²) in [5.74, 6) is 0.674. The van der Waals surface area contributed by atoms with E-state index in [1.54, 1.807) is 30.3 Å². The van der Waals surface area contributed by atoms with E-state index in [1.165, 1.54) is 48.1 Å². The molecule has 1 amide bonds. The van der Waals surface area contributed by atoms with Gasteiger partial charge >= 0.3 is 0 Å². The van der Waals surface area contributed by atoms with Crippen LogP contribution in [0.3, 0.4) is 0 Å². The topological polar surface area (TPSA) is 143 Å². The van der Waals surface area contributed by atoms with Crippen molar-refractivity contribution in [3.63, 3.8) is 0 Å². The number of nitrogens with zero attached hydrogens (tertiary/aromatic N) is 5. The monoisotopic (exact) mass is 478 g/mol. The van der Waals surface area contributed by atoms with Crippen molar-refractivity contribution in [1.29, 1.82) is 0 Å². The Morgan fingerprint density at radius 2 is 1.94 bits per heavy atom. The summed E-state index contributed by atoms with van der Waals surface area (Å²) in [6.07, 6.45) is 2.80. The molecule has 12 nitrogen and oxygen atoms in total. The van der Waals surface area contributed by atoms with Gasteiger partial charge in [0.1, 0.15) is 11.7 Å². The molecular formula is C23H22N6O6. The Hall–Kier alpha value is -4.74. The number of nitro benzene ring substituents is 1. The van der Waals surface area contributed by atoms with Gasteiger partial charge < -0.3 is 14.8 Å². The number of hydrogen-bond donors (Lipinski definition) is 1. The van der Waals surface area contributed by atoms with Crippen LogP contribution in [0.4, 0.5) is 5.69 Å². The smallest absolute Gasteiger partial charge is 0.269 e. The van der Waals surface area contributed by atoms with Crippen molar-refractivity contribution in [2.24, 2.45) is 0 Å². The van der Waals surface area contributed by atoms with Gasteiger partial charge in [0.2, 0.25) is 0 Å². The molecule has 0 aliphatic heterocycles. The van der Waals surface area contributed by atoms with Gasteiger partial charge in [-0.05, 0) is 23.8 Å². The van der Waals surface area contributed by atoms with Gasteiger partial charge in [0.15, 0.2) is 17.1 Å². The number of non-ortho nitro benzene ring substituents is 1. The maximum absolute atomic E-state index is 12.9. The van der Waals surface area contributed by atoms with E-state index in [9.17, 15) is 19.7 Å². The Labute approximate surface area is 198 Å². The average Bonchev–Trinajstić information content (AvgIpc) is 3.29. The highest BCUT2D eigenvalue weighted by atomic mass is 16.6. The third-order valence-electron chi connectivity index (χ3n) is 5.35. The Balaban J connectivity index is 1.44. The Kier molecular flexibility index (Phi) is 6.71. The van der Waals surface area contributed by atoms with Crippen LogP contribution in [0.5, 0.6) is 11.5 Å². The summed E-state index contributed by atoms with van der Waals surface area (Å²) in [5.41, 5.74) is 1.03. The van der Waals surface area contributed by atoms with Crippen LogP contribution in [0.2, 0.25) is 0 Å². The number of nitrogens with one attached hydrogen (secondary N) is 1. The maximum atomic E-state index is 12.9. The molecule has 2 aromatic carbocycles. The Morgan fingerprint density at radius 3 is 2.69 bits per heavy atom. The van der Waals surface area contributed by atoms with E-state index in [-0.39, 0.29) is 30.2 Å². The molecule has 12 heteroatoms. The van der Waals surface area contributed by atoms with Gasteiger partial charge in [-0.3, -0.25) is 24.3 Å². The highest BCUT2D eigenvalue weighted by Gasteiger charge is 2.13. The van der Waals surface area contributed by atoms with E-state index in [1.807, 2.05) is 0 Å². The largest absolute Gasteiger partial charge is 0.493 e. The Bertz CT molecular complexity index is 1460. The first kappa shape index (κ1) is 23.4. The number of fused-ring (bicyclic) bond motifs is 1. The second kappa shape index (κ2) is 10.0. The number of nitro groups is 1. The molecule has 0 aliphatic rings. The van der Waals surface area contributed by atoms with Crippen LogP contribution in [-0.4, -0.2) is 50.9 Å². The molecule has 0 atom stereocenters. The molecule has 4 aromatic rings. The van der Waals surface area contributed by atoms with Crippen LogP contribution in [-0.2, 0) is 13.1 Å². The van der Waals surface area contributed by atoms with Gasteiger partial charge in [-0.2, -0.15) is 5.10 Å². The van der Waals surface area contributed by atoms with Crippen molar-refractivity contribution in [2.45, 2.75) is 13.1 Å². The lowest BCUT2D eigenvalue weighted by Gasteiger charge is -2.10. The summed E-state index contributed by atoms with van der Waals surface area (Å²) < 4.78 is 13.3. The maximum Gasteiger partial charge on any atom is 0.269 e. The number of carbonyl (C=O) groups is 1. The fourth-order valence-electron chi connectivity index (χ4n) is 3.59. The first-order valence-electron chi connectivity index (χ1n) is 10.6. The average molecular weight is 478 g/mol. The van der Waals surface area contributed by atoms with Gasteiger partial charge in [-0.15, -0.1) is 0 Å². The molecule has 180 valence electrons. The first-order chi connectivity index (χ1) is 16.9. The summed E-state index contributed by atoms with van der Waals surface area (Å²) >= 11 is 0. The van der Waals surface area contributed by atoms with Crippen molar-refractivity contribution in [1.82, 2.24) is 24.6 Å². The molecule has 2 heterocycles. The molecule has 0 fully saturated rings. The Morgan fingerprint density at radius 1 is 1.14 bits per heavy atom. The third kappa shape index (κ3) is 4.95. The predicted octanol–water partition coefficient (Wildman–Crippen LogP) is 2.00. The predicted molar refractivity (Wildman–Crippen MR) is 126 cm³/mol. The van der Waals surface area contributed by atoms with Crippen molar-refractivity contribution >= 4 is 22.6 Å². The fraction of sp³-hybridized carbons (Fsp3) is 0.217. The van der Waals surface area contributed by atoms with Crippen LogP contribution < -0.4 is 20.3 Å². The number of carbonyl (C=O) groups excluding carboxylic acids is 1. The van der Waals surface area contributed by atoms with E-state index in [0.717, 1.165) is 0 Å². The van der Waals surface area contributed by atoms with Crippen LogP contribution in [0.15, 0.2) is 59.8 Å². The third-order valence-corrected chi connectivity index (χ3v) is 5.35. The van der Waals surface area contributed by atoms with E-state index in [2.05, 4.69) is 15.4 Å². The molecule has 35 heavy (non-hydrogen) atoms. The minimum absolute atomic E-state index is 0.0486. The van der Waals surface area contributed by atoms with Crippen molar-refractivity contribution in [3.8, 4) is 11.5 Å². The standard InChI is InChI=1S/C23H22N6O6/c1-34-19-7-6-16(11-20(19)35-2)22(30)24-8-9-28-21-18(12-26-28)23(31)27(14-25-21)13-15-4-3-5-17(10-15)29(32)33/h3-7,10-12,14H,8-9,13H2,1-2H3,(H,24,30). The number of ether oxygens (including phenoxy) is 2. The molecule has 4 rings (SSSR count). The summed E-state index contributed by atoms with van der Waals surface area (Å²) in [6.45, 7) is 0.683.